The number of rotatable bonds is 5. The first kappa shape index (κ1) is 13.2. The number of hydrogen-bond donors (Lipinski definition) is 1. The number of hydrogen-bond acceptors (Lipinski definition) is 3. The molecule has 1 unspecified atom stereocenters. The molecule has 0 amide bonds. The molecule has 102 valence electrons. The van der Waals surface area contributed by atoms with E-state index in [1.54, 1.807) is 6.26 Å². The van der Waals surface area contributed by atoms with Gasteiger partial charge in [-0.2, -0.15) is 0 Å². The van der Waals surface area contributed by atoms with Crippen LogP contribution >= 0.6 is 15.9 Å². The summed E-state index contributed by atoms with van der Waals surface area (Å²) in [4.78, 5) is 0. The Bertz CT molecular complexity index is 646. The van der Waals surface area contributed by atoms with Crippen LogP contribution < -0.4 is 5.32 Å². The van der Waals surface area contributed by atoms with E-state index in [2.05, 4.69) is 33.4 Å². The molecule has 1 atom stereocenters. The van der Waals surface area contributed by atoms with Crippen LogP contribution in [0.25, 0.3) is 0 Å². The lowest BCUT2D eigenvalue weighted by Gasteiger charge is -2.16. The van der Waals surface area contributed by atoms with E-state index in [-0.39, 0.29) is 6.04 Å². The van der Waals surface area contributed by atoms with Crippen molar-refractivity contribution >= 4 is 15.9 Å². The Morgan fingerprint density at radius 3 is 2.50 bits per heavy atom. The van der Waals surface area contributed by atoms with Crippen LogP contribution in [0.3, 0.4) is 0 Å². The Kier molecular flexibility index (Phi) is 4.04. The normalized spacial score (nSPS) is 12.4. The Morgan fingerprint density at radius 2 is 1.85 bits per heavy atom. The molecule has 3 aromatic rings. The van der Waals surface area contributed by atoms with Crippen LogP contribution in [0.4, 0.5) is 0 Å². The monoisotopic (exact) mass is 331 g/mol. The molecule has 0 radical (unpaired) electrons. The topological polar surface area (TPSA) is 38.3 Å². The first-order valence-corrected chi connectivity index (χ1v) is 7.18. The summed E-state index contributed by atoms with van der Waals surface area (Å²) >= 11 is 3.31. The summed E-state index contributed by atoms with van der Waals surface area (Å²) in [6, 6.07) is 17.9. The Morgan fingerprint density at radius 1 is 1.00 bits per heavy atom. The fourth-order valence-corrected chi connectivity index (χ4v) is 2.47. The smallest absolute Gasteiger partial charge is 0.169 e. The van der Waals surface area contributed by atoms with Crippen LogP contribution in [0, 0.1) is 0 Å². The molecule has 4 heteroatoms. The number of nitrogens with one attached hydrogen (secondary N) is 1. The van der Waals surface area contributed by atoms with E-state index in [1.807, 2.05) is 42.5 Å². The average molecular weight is 332 g/mol. The van der Waals surface area contributed by atoms with Crippen molar-refractivity contribution < 1.29 is 8.83 Å². The molecule has 0 saturated heterocycles. The Balaban J connectivity index is 1.80. The molecule has 3 nitrogen and oxygen atoms in total. The molecule has 1 N–H and O–H groups in total. The van der Waals surface area contributed by atoms with Crippen molar-refractivity contribution in [2.24, 2.45) is 0 Å². The van der Waals surface area contributed by atoms with Gasteiger partial charge in [0.1, 0.15) is 11.5 Å². The van der Waals surface area contributed by atoms with Crippen LogP contribution in [0.2, 0.25) is 0 Å². The van der Waals surface area contributed by atoms with Crippen molar-refractivity contribution in [1.29, 1.82) is 0 Å². The summed E-state index contributed by atoms with van der Waals surface area (Å²) in [5.41, 5.74) is 1.16. The first-order chi connectivity index (χ1) is 9.83. The van der Waals surface area contributed by atoms with E-state index in [9.17, 15) is 0 Å². The van der Waals surface area contributed by atoms with Gasteiger partial charge in [-0.1, -0.05) is 30.3 Å². The molecule has 0 aliphatic heterocycles. The van der Waals surface area contributed by atoms with Crippen molar-refractivity contribution in [2.75, 3.05) is 0 Å². The molecular formula is C16H14BrNO2. The number of benzene rings is 1. The Labute approximate surface area is 125 Å². The van der Waals surface area contributed by atoms with E-state index >= 15 is 0 Å². The zero-order valence-corrected chi connectivity index (χ0v) is 12.3. The zero-order chi connectivity index (χ0) is 13.8. The van der Waals surface area contributed by atoms with Gasteiger partial charge in [0.05, 0.1) is 18.8 Å². The molecule has 3 rings (SSSR count). The van der Waals surface area contributed by atoms with E-state index < -0.39 is 0 Å². The largest absolute Gasteiger partial charge is 0.467 e. The highest BCUT2D eigenvalue weighted by atomic mass is 79.9. The van der Waals surface area contributed by atoms with Gasteiger partial charge in [0.25, 0.3) is 0 Å². The van der Waals surface area contributed by atoms with Gasteiger partial charge in [-0.05, 0) is 45.8 Å². The molecule has 0 fully saturated rings. The molecule has 2 heterocycles. The third-order valence-electron chi connectivity index (χ3n) is 3.07. The standard InChI is InChI=1S/C16H14BrNO2/c17-15-9-8-13(20-15)11-18-16(14-7-4-10-19-14)12-5-2-1-3-6-12/h1-10,16,18H,11H2. The second-order valence-electron chi connectivity index (χ2n) is 4.45. The van der Waals surface area contributed by atoms with Gasteiger partial charge in [0, 0.05) is 0 Å². The maximum atomic E-state index is 5.54. The quantitative estimate of drug-likeness (QED) is 0.747. The predicted octanol–water partition coefficient (Wildman–Crippen LogP) is 4.51. The first-order valence-electron chi connectivity index (χ1n) is 6.39. The van der Waals surface area contributed by atoms with Gasteiger partial charge >= 0.3 is 0 Å². The lowest BCUT2D eigenvalue weighted by atomic mass is 10.0. The van der Waals surface area contributed by atoms with E-state index in [0.29, 0.717) is 6.54 Å². The van der Waals surface area contributed by atoms with Crippen LogP contribution in [0.5, 0.6) is 0 Å². The second-order valence-corrected chi connectivity index (χ2v) is 5.23. The lowest BCUT2D eigenvalue weighted by Crippen LogP contribution is -2.21. The van der Waals surface area contributed by atoms with Gasteiger partial charge in [-0.25, -0.2) is 0 Å². The van der Waals surface area contributed by atoms with Crippen molar-refractivity contribution in [3.8, 4) is 0 Å². The van der Waals surface area contributed by atoms with Crippen LogP contribution in [0.15, 0.2) is 74.4 Å². The molecule has 0 aliphatic carbocycles. The molecule has 20 heavy (non-hydrogen) atoms. The zero-order valence-electron chi connectivity index (χ0n) is 10.8. The molecule has 0 bridgehead atoms. The molecule has 0 spiro atoms. The molecular weight excluding hydrogens is 318 g/mol. The van der Waals surface area contributed by atoms with Gasteiger partial charge < -0.3 is 8.83 Å². The summed E-state index contributed by atoms with van der Waals surface area (Å²) in [6.45, 7) is 0.631. The van der Waals surface area contributed by atoms with Gasteiger partial charge in [-0.15, -0.1) is 0 Å². The van der Waals surface area contributed by atoms with Gasteiger partial charge in [-0.3, -0.25) is 5.32 Å². The second kappa shape index (κ2) is 6.11. The highest BCUT2D eigenvalue weighted by Gasteiger charge is 2.16. The highest BCUT2D eigenvalue weighted by Crippen LogP contribution is 2.23. The SMILES string of the molecule is Brc1ccc(CNC(c2ccccc2)c2ccco2)o1. The lowest BCUT2D eigenvalue weighted by molar-refractivity contribution is 0.415. The maximum absolute atomic E-state index is 5.54. The fraction of sp³-hybridized carbons (Fsp3) is 0.125. The number of halogens is 1. The molecule has 0 aliphatic rings. The average Bonchev–Trinajstić information content (AvgIpc) is 3.12. The van der Waals surface area contributed by atoms with Crippen molar-refractivity contribution in [1.82, 2.24) is 5.32 Å². The minimum atomic E-state index is 0.00933. The van der Waals surface area contributed by atoms with E-state index in [4.69, 9.17) is 8.83 Å². The van der Waals surface area contributed by atoms with Gasteiger partial charge in [0.15, 0.2) is 4.67 Å². The summed E-state index contributed by atoms with van der Waals surface area (Å²) < 4.78 is 11.8. The fourth-order valence-electron chi connectivity index (χ4n) is 2.13. The Hall–Kier alpha value is -1.78. The number of furan rings is 2. The van der Waals surface area contributed by atoms with E-state index in [0.717, 1.165) is 21.8 Å². The van der Waals surface area contributed by atoms with Crippen molar-refractivity contribution in [3.63, 3.8) is 0 Å². The van der Waals surface area contributed by atoms with Crippen LogP contribution in [-0.4, -0.2) is 0 Å². The minimum Gasteiger partial charge on any atom is -0.467 e. The third-order valence-corrected chi connectivity index (χ3v) is 3.50. The summed E-state index contributed by atoms with van der Waals surface area (Å²) in [7, 11) is 0. The van der Waals surface area contributed by atoms with Crippen LogP contribution in [0.1, 0.15) is 23.1 Å². The predicted molar refractivity (Wildman–Crippen MR) is 80.2 cm³/mol. The molecule has 2 aromatic heterocycles. The summed E-state index contributed by atoms with van der Waals surface area (Å²) in [5, 5.41) is 3.46. The van der Waals surface area contributed by atoms with Crippen molar-refractivity contribution in [3.05, 3.63) is 82.6 Å². The third kappa shape index (κ3) is 3.03. The maximum Gasteiger partial charge on any atom is 0.169 e. The summed E-state index contributed by atoms with van der Waals surface area (Å²) in [5.74, 6) is 1.77. The molecule has 1 aromatic carbocycles. The highest BCUT2D eigenvalue weighted by molar-refractivity contribution is 9.10. The minimum absolute atomic E-state index is 0.00933. The van der Waals surface area contributed by atoms with Crippen molar-refractivity contribution in [2.45, 2.75) is 12.6 Å². The van der Waals surface area contributed by atoms with Gasteiger partial charge in [0.2, 0.25) is 0 Å². The summed E-state index contributed by atoms with van der Waals surface area (Å²) in [6.07, 6.45) is 1.69. The van der Waals surface area contributed by atoms with E-state index in [1.165, 1.54) is 0 Å². The van der Waals surface area contributed by atoms with Crippen LogP contribution in [-0.2, 0) is 6.54 Å². The molecule has 0 saturated carbocycles.